The molecule has 3 aromatic rings. The predicted octanol–water partition coefficient (Wildman–Crippen LogP) is 2.87. The quantitative estimate of drug-likeness (QED) is 0.483. The van der Waals surface area contributed by atoms with Crippen LogP contribution >= 0.6 is 0 Å². The molecule has 8 nitrogen and oxygen atoms in total. The SMILES string of the molecule is Cc1cc([C@@H](C)Nc2ccccc2C(=O)O)c2oc(NCC(N)=O)cc(=O)c2c1. The molecule has 0 radical (unpaired) electrons. The minimum absolute atomic E-state index is 0.129. The third kappa shape index (κ3) is 4.37. The first-order chi connectivity index (χ1) is 13.8. The number of anilines is 2. The Balaban J connectivity index is 2.07. The fourth-order valence-electron chi connectivity index (χ4n) is 3.12. The van der Waals surface area contributed by atoms with E-state index in [0.717, 1.165) is 5.56 Å². The van der Waals surface area contributed by atoms with Crippen molar-refractivity contribution in [2.45, 2.75) is 19.9 Å². The van der Waals surface area contributed by atoms with Crippen LogP contribution in [0.5, 0.6) is 0 Å². The highest BCUT2D eigenvalue weighted by molar-refractivity contribution is 5.94. The van der Waals surface area contributed by atoms with Crippen molar-refractivity contribution in [3.8, 4) is 0 Å². The number of aromatic carboxylic acids is 1. The first kappa shape index (κ1) is 19.9. The Hall–Kier alpha value is -3.81. The van der Waals surface area contributed by atoms with Gasteiger partial charge in [-0.2, -0.15) is 0 Å². The molecule has 0 fully saturated rings. The Bertz CT molecular complexity index is 1150. The molecule has 0 saturated carbocycles. The summed E-state index contributed by atoms with van der Waals surface area (Å²) in [6.45, 7) is 3.53. The molecule has 0 spiro atoms. The van der Waals surface area contributed by atoms with Crippen LogP contribution < -0.4 is 21.8 Å². The molecule has 1 aromatic heterocycles. The highest BCUT2D eigenvalue weighted by Gasteiger charge is 2.18. The van der Waals surface area contributed by atoms with Crippen LogP contribution in [0.1, 0.15) is 34.5 Å². The molecule has 150 valence electrons. The average molecular weight is 395 g/mol. The molecule has 0 aliphatic heterocycles. The number of rotatable bonds is 7. The van der Waals surface area contributed by atoms with Crippen molar-refractivity contribution in [1.29, 1.82) is 0 Å². The van der Waals surface area contributed by atoms with E-state index in [1.165, 1.54) is 12.1 Å². The number of carboxylic acids is 1. The third-order valence-electron chi connectivity index (χ3n) is 4.43. The molecule has 0 saturated heterocycles. The summed E-state index contributed by atoms with van der Waals surface area (Å²) in [5.74, 6) is -1.50. The molecule has 0 aliphatic carbocycles. The largest absolute Gasteiger partial charge is 0.478 e. The Morgan fingerprint density at radius 3 is 2.62 bits per heavy atom. The summed E-state index contributed by atoms with van der Waals surface area (Å²) in [5, 5.41) is 15.7. The van der Waals surface area contributed by atoms with Crippen molar-refractivity contribution in [1.82, 2.24) is 0 Å². The topological polar surface area (TPSA) is 135 Å². The summed E-state index contributed by atoms with van der Waals surface area (Å²) in [4.78, 5) is 35.0. The van der Waals surface area contributed by atoms with Crippen LogP contribution in [0.4, 0.5) is 11.6 Å². The number of nitrogens with two attached hydrogens (primary N) is 1. The summed E-state index contributed by atoms with van der Waals surface area (Å²) < 4.78 is 5.84. The maximum absolute atomic E-state index is 12.6. The molecule has 1 heterocycles. The van der Waals surface area contributed by atoms with Crippen LogP contribution in [0.25, 0.3) is 11.0 Å². The van der Waals surface area contributed by atoms with Gasteiger partial charge in [0, 0.05) is 17.3 Å². The van der Waals surface area contributed by atoms with Crippen LogP contribution in [0, 0.1) is 6.92 Å². The Morgan fingerprint density at radius 1 is 1.21 bits per heavy atom. The molecule has 1 atom stereocenters. The van der Waals surface area contributed by atoms with Gasteiger partial charge in [-0.15, -0.1) is 0 Å². The Kier molecular flexibility index (Phi) is 5.54. The van der Waals surface area contributed by atoms with Crippen molar-refractivity contribution in [3.63, 3.8) is 0 Å². The van der Waals surface area contributed by atoms with Gasteiger partial charge in [-0.3, -0.25) is 9.59 Å². The smallest absolute Gasteiger partial charge is 0.337 e. The first-order valence-electron chi connectivity index (χ1n) is 8.95. The van der Waals surface area contributed by atoms with E-state index in [0.29, 0.717) is 22.2 Å². The summed E-state index contributed by atoms with van der Waals surface area (Å²) in [7, 11) is 0. The number of carbonyl (C=O) groups excluding carboxylic acids is 1. The molecular weight excluding hydrogens is 374 g/mol. The van der Waals surface area contributed by atoms with Crippen LogP contribution in [0.2, 0.25) is 0 Å². The van der Waals surface area contributed by atoms with Gasteiger partial charge in [-0.1, -0.05) is 18.2 Å². The second-order valence-corrected chi connectivity index (χ2v) is 6.74. The molecule has 1 amide bonds. The monoisotopic (exact) mass is 395 g/mol. The van der Waals surface area contributed by atoms with Crippen LogP contribution in [0.15, 0.2) is 51.7 Å². The minimum atomic E-state index is -1.04. The van der Waals surface area contributed by atoms with Gasteiger partial charge in [0.25, 0.3) is 0 Å². The average Bonchev–Trinajstić information content (AvgIpc) is 2.66. The van der Waals surface area contributed by atoms with Gasteiger partial charge in [0.05, 0.1) is 23.5 Å². The molecule has 5 N–H and O–H groups in total. The van der Waals surface area contributed by atoms with E-state index in [1.54, 1.807) is 24.3 Å². The van der Waals surface area contributed by atoms with Gasteiger partial charge >= 0.3 is 5.97 Å². The number of hydrogen-bond donors (Lipinski definition) is 4. The van der Waals surface area contributed by atoms with Crippen LogP contribution in [-0.2, 0) is 4.79 Å². The second kappa shape index (κ2) is 8.05. The lowest BCUT2D eigenvalue weighted by molar-refractivity contribution is -0.116. The molecule has 0 bridgehead atoms. The maximum atomic E-state index is 12.6. The van der Waals surface area contributed by atoms with Crippen molar-refractivity contribution in [3.05, 3.63) is 69.4 Å². The number of carboxylic acid groups (broad SMARTS) is 1. The van der Waals surface area contributed by atoms with Crippen molar-refractivity contribution in [2.75, 3.05) is 17.2 Å². The fraction of sp³-hybridized carbons (Fsp3) is 0.190. The van der Waals surface area contributed by atoms with Crippen molar-refractivity contribution in [2.24, 2.45) is 5.73 Å². The van der Waals surface area contributed by atoms with E-state index in [9.17, 15) is 19.5 Å². The van der Waals surface area contributed by atoms with Gasteiger partial charge in [0.1, 0.15) is 5.58 Å². The molecule has 29 heavy (non-hydrogen) atoms. The zero-order valence-electron chi connectivity index (χ0n) is 16.0. The number of hydrogen-bond acceptors (Lipinski definition) is 6. The lowest BCUT2D eigenvalue weighted by atomic mass is 10.0. The summed E-state index contributed by atoms with van der Waals surface area (Å²) in [5.41, 5.74) is 7.35. The first-order valence-corrected chi connectivity index (χ1v) is 8.95. The highest BCUT2D eigenvalue weighted by Crippen LogP contribution is 2.29. The zero-order chi connectivity index (χ0) is 21.1. The highest BCUT2D eigenvalue weighted by atomic mass is 16.4. The molecule has 3 rings (SSSR count). The lowest BCUT2D eigenvalue weighted by Gasteiger charge is -2.19. The van der Waals surface area contributed by atoms with Gasteiger partial charge < -0.3 is 25.9 Å². The Morgan fingerprint density at radius 2 is 1.93 bits per heavy atom. The van der Waals surface area contributed by atoms with E-state index in [1.807, 2.05) is 19.9 Å². The standard InChI is InChI=1S/C21H21N3O5/c1-11-7-14(12(2)24-16-6-4-3-5-13(16)21(27)28)20-15(8-11)17(25)9-19(29-20)23-10-18(22)26/h3-9,12,23-24H,10H2,1-2H3,(H2,22,26)(H,27,28)/t12-/m1/s1. The molecule has 0 unspecified atom stereocenters. The number of nitrogens with one attached hydrogen (secondary N) is 2. The van der Waals surface area contributed by atoms with E-state index in [4.69, 9.17) is 10.2 Å². The number of aryl methyl sites for hydroxylation is 1. The molecule has 2 aromatic carbocycles. The number of fused-ring (bicyclic) bond motifs is 1. The summed E-state index contributed by atoms with van der Waals surface area (Å²) in [6, 6.07) is 11.1. The van der Waals surface area contributed by atoms with Crippen molar-refractivity contribution >= 4 is 34.4 Å². The number of benzene rings is 2. The predicted molar refractivity (Wildman–Crippen MR) is 110 cm³/mol. The normalized spacial score (nSPS) is 11.8. The number of carbonyl (C=O) groups is 2. The maximum Gasteiger partial charge on any atom is 0.337 e. The van der Waals surface area contributed by atoms with Gasteiger partial charge in [0.2, 0.25) is 5.91 Å². The minimum Gasteiger partial charge on any atom is -0.478 e. The number of amides is 1. The van der Waals surface area contributed by atoms with Crippen molar-refractivity contribution < 1.29 is 19.1 Å². The van der Waals surface area contributed by atoms with Gasteiger partial charge in [0.15, 0.2) is 11.3 Å². The zero-order valence-corrected chi connectivity index (χ0v) is 16.0. The van der Waals surface area contributed by atoms with E-state index in [2.05, 4.69) is 10.6 Å². The van der Waals surface area contributed by atoms with E-state index >= 15 is 0 Å². The Labute approximate surface area is 166 Å². The van der Waals surface area contributed by atoms with Gasteiger partial charge in [-0.25, -0.2) is 4.79 Å². The summed E-state index contributed by atoms with van der Waals surface area (Å²) >= 11 is 0. The van der Waals surface area contributed by atoms with Crippen LogP contribution in [-0.4, -0.2) is 23.5 Å². The number of primary amides is 1. The lowest BCUT2D eigenvalue weighted by Crippen LogP contribution is -2.22. The molecule has 8 heteroatoms. The molecule has 0 aliphatic rings. The van der Waals surface area contributed by atoms with Gasteiger partial charge in [-0.05, 0) is 37.6 Å². The fourth-order valence-corrected chi connectivity index (χ4v) is 3.12. The number of para-hydroxylation sites is 1. The molecular formula is C21H21N3O5. The van der Waals surface area contributed by atoms with Crippen LogP contribution in [0.3, 0.4) is 0 Å². The summed E-state index contributed by atoms with van der Waals surface area (Å²) in [6.07, 6.45) is 0. The third-order valence-corrected chi connectivity index (χ3v) is 4.43. The second-order valence-electron chi connectivity index (χ2n) is 6.74. The van der Waals surface area contributed by atoms with E-state index in [-0.39, 0.29) is 29.5 Å². The van der Waals surface area contributed by atoms with E-state index < -0.39 is 11.9 Å².